The molecule has 2 aromatic rings. The molecule has 0 radical (unpaired) electrons. The zero-order valence-electron chi connectivity index (χ0n) is 11.1. The summed E-state index contributed by atoms with van der Waals surface area (Å²) in [6.45, 7) is 0.982. The Balaban J connectivity index is 1.88. The first-order valence-electron chi connectivity index (χ1n) is 6.80. The molecular weight excluding hydrogens is 251 g/mol. The van der Waals surface area contributed by atoms with Crippen molar-refractivity contribution in [2.24, 2.45) is 0 Å². The summed E-state index contributed by atoms with van der Waals surface area (Å²) in [5, 5.41) is 8.85. The topological polar surface area (TPSA) is 27.0 Å². The number of hydrogen-bond acceptors (Lipinski definition) is 2. The van der Waals surface area contributed by atoms with Gasteiger partial charge in [-0.25, -0.2) is 4.39 Å². The third-order valence-corrected chi connectivity index (χ3v) is 3.84. The Labute approximate surface area is 118 Å². The van der Waals surface area contributed by atoms with Gasteiger partial charge in [-0.15, -0.1) is 0 Å². The fourth-order valence-electron chi connectivity index (χ4n) is 2.83. The SMILES string of the molecule is N#Cc1ccc(C2CCCN2c2ccc(F)cc2)cc1. The summed E-state index contributed by atoms with van der Waals surface area (Å²) in [4.78, 5) is 2.31. The minimum atomic E-state index is -0.206. The smallest absolute Gasteiger partial charge is 0.123 e. The lowest BCUT2D eigenvalue weighted by Crippen LogP contribution is -2.22. The highest BCUT2D eigenvalue weighted by Crippen LogP contribution is 2.36. The quantitative estimate of drug-likeness (QED) is 0.820. The molecule has 0 spiro atoms. The summed E-state index contributed by atoms with van der Waals surface area (Å²) in [5.41, 5.74) is 2.95. The average Bonchev–Trinajstić information content (AvgIpc) is 2.97. The highest BCUT2D eigenvalue weighted by molar-refractivity contribution is 5.50. The lowest BCUT2D eigenvalue weighted by atomic mass is 10.0. The van der Waals surface area contributed by atoms with Gasteiger partial charge < -0.3 is 4.90 Å². The van der Waals surface area contributed by atoms with E-state index >= 15 is 0 Å². The van der Waals surface area contributed by atoms with E-state index in [-0.39, 0.29) is 5.82 Å². The first-order valence-corrected chi connectivity index (χ1v) is 6.80. The van der Waals surface area contributed by atoms with Crippen molar-refractivity contribution in [3.8, 4) is 6.07 Å². The monoisotopic (exact) mass is 266 g/mol. The van der Waals surface area contributed by atoms with Crippen LogP contribution in [0.1, 0.15) is 30.0 Å². The van der Waals surface area contributed by atoms with Gasteiger partial charge in [-0.2, -0.15) is 5.26 Å². The molecule has 1 fully saturated rings. The average molecular weight is 266 g/mol. The molecule has 1 atom stereocenters. The van der Waals surface area contributed by atoms with Crippen LogP contribution in [-0.2, 0) is 0 Å². The molecule has 1 heterocycles. The molecule has 0 N–H and O–H groups in total. The van der Waals surface area contributed by atoms with Crippen LogP contribution in [0.5, 0.6) is 0 Å². The van der Waals surface area contributed by atoms with E-state index in [2.05, 4.69) is 11.0 Å². The molecule has 20 heavy (non-hydrogen) atoms. The molecule has 0 amide bonds. The molecule has 1 aliphatic rings. The molecule has 100 valence electrons. The zero-order valence-corrected chi connectivity index (χ0v) is 11.1. The van der Waals surface area contributed by atoms with E-state index in [0.717, 1.165) is 25.1 Å². The van der Waals surface area contributed by atoms with Crippen molar-refractivity contribution in [3.63, 3.8) is 0 Å². The van der Waals surface area contributed by atoms with Gasteiger partial charge in [0, 0.05) is 12.2 Å². The van der Waals surface area contributed by atoms with Gasteiger partial charge in [0.15, 0.2) is 0 Å². The third kappa shape index (κ3) is 2.37. The van der Waals surface area contributed by atoms with Crippen LogP contribution in [-0.4, -0.2) is 6.54 Å². The number of nitrogens with zero attached hydrogens (tertiary/aromatic N) is 2. The second kappa shape index (κ2) is 5.34. The molecule has 1 saturated heterocycles. The number of nitriles is 1. The predicted octanol–water partition coefficient (Wildman–Crippen LogP) is 4.04. The number of rotatable bonds is 2. The highest BCUT2D eigenvalue weighted by atomic mass is 19.1. The number of halogens is 1. The largest absolute Gasteiger partial charge is 0.364 e. The highest BCUT2D eigenvalue weighted by Gasteiger charge is 2.26. The Kier molecular flexibility index (Phi) is 3.39. The fourth-order valence-corrected chi connectivity index (χ4v) is 2.83. The maximum atomic E-state index is 13.0. The van der Waals surface area contributed by atoms with Gasteiger partial charge >= 0.3 is 0 Å². The molecule has 0 bridgehead atoms. The van der Waals surface area contributed by atoms with Crippen LogP contribution in [0.25, 0.3) is 0 Å². The van der Waals surface area contributed by atoms with Crippen LogP contribution < -0.4 is 4.90 Å². The van der Waals surface area contributed by atoms with E-state index in [9.17, 15) is 4.39 Å². The standard InChI is InChI=1S/C17H15FN2/c18-15-7-9-16(10-8-15)20-11-1-2-17(20)14-5-3-13(12-19)4-6-14/h3-10,17H,1-2,11H2. The van der Waals surface area contributed by atoms with Crippen molar-refractivity contribution in [2.45, 2.75) is 18.9 Å². The van der Waals surface area contributed by atoms with Crippen LogP contribution in [0, 0.1) is 17.1 Å². The summed E-state index contributed by atoms with van der Waals surface area (Å²) in [6.07, 6.45) is 2.21. The molecule has 0 saturated carbocycles. The van der Waals surface area contributed by atoms with Crippen molar-refractivity contribution in [1.29, 1.82) is 5.26 Å². The van der Waals surface area contributed by atoms with Gasteiger partial charge in [0.2, 0.25) is 0 Å². The third-order valence-electron chi connectivity index (χ3n) is 3.84. The second-order valence-electron chi connectivity index (χ2n) is 5.06. The molecular formula is C17H15FN2. The van der Waals surface area contributed by atoms with E-state index < -0.39 is 0 Å². The lowest BCUT2D eigenvalue weighted by molar-refractivity contribution is 0.627. The maximum Gasteiger partial charge on any atom is 0.123 e. The van der Waals surface area contributed by atoms with Crippen molar-refractivity contribution in [2.75, 3.05) is 11.4 Å². The van der Waals surface area contributed by atoms with E-state index in [1.54, 1.807) is 0 Å². The zero-order chi connectivity index (χ0) is 13.9. The van der Waals surface area contributed by atoms with E-state index in [0.29, 0.717) is 11.6 Å². The van der Waals surface area contributed by atoms with Crippen LogP contribution in [0.4, 0.5) is 10.1 Å². The summed E-state index contributed by atoms with van der Waals surface area (Å²) >= 11 is 0. The van der Waals surface area contributed by atoms with Crippen LogP contribution in [0.15, 0.2) is 48.5 Å². The van der Waals surface area contributed by atoms with E-state index in [1.807, 2.05) is 36.4 Å². The van der Waals surface area contributed by atoms with Crippen molar-refractivity contribution in [1.82, 2.24) is 0 Å². The van der Waals surface area contributed by atoms with Crippen molar-refractivity contribution >= 4 is 5.69 Å². The Morgan fingerprint density at radius 2 is 1.75 bits per heavy atom. The molecule has 2 nitrogen and oxygen atoms in total. The van der Waals surface area contributed by atoms with Gasteiger partial charge in [-0.1, -0.05) is 12.1 Å². The molecule has 0 aromatic heterocycles. The van der Waals surface area contributed by atoms with Crippen molar-refractivity contribution < 1.29 is 4.39 Å². The van der Waals surface area contributed by atoms with Gasteiger partial charge in [0.1, 0.15) is 5.82 Å². The Bertz CT molecular complexity index is 626. The van der Waals surface area contributed by atoms with Gasteiger partial charge in [-0.05, 0) is 54.8 Å². The molecule has 2 aromatic carbocycles. The first-order chi connectivity index (χ1) is 9.78. The molecule has 3 heteroatoms. The van der Waals surface area contributed by atoms with Crippen LogP contribution in [0.3, 0.4) is 0 Å². The Morgan fingerprint density at radius 3 is 2.40 bits per heavy atom. The summed E-state index contributed by atoms with van der Waals surface area (Å²) in [5.74, 6) is -0.206. The van der Waals surface area contributed by atoms with Gasteiger partial charge in [0.05, 0.1) is 17.7 Å². The van der Waals surface area contributed by atoms with Crippen molar-refractivity contribution in [3.05, 3.63) is 65.5 Å². The second-order valence-corrected chi connectivity index (χ2v) is 5.06. The fraction of sp³-hybridized carbons (Fsp3) is 0.235. The minimum Gasteiger partial charge on any atom is -0.364 e. The summed E-state index contributed by atoms with van der Waals surface area (Å²) in [7, 11) is 0. The van der Waals surface area contributed by atoms with Crippen LogP contribution >= 0.6 is 0 Å². The Morgan fingerprint density at radius 1 is 1.05 bits per heavy atom. The summed E-state index contributed by atoms with van der Waals surface area (Å²) in [6, 6.07) is 16.9. The Hall–Kier alpha value is -2.34. The molecule has 3 rings (SSSR count). The van der Waals surface area contributed by atoms with Crippen LogP contribution in [0.2, 0.25) is 0 Å². The molecule has 1 aliphatic heterocycles. The lowest BCUT2D eigenvalue weighted by Gasteiger charge is -2.27. The molecule has 1 unspecified atom stereocenters. The maximum absolute atomic E-state index is 13.0. The number of anilines is 1. The van der Waals surface area contributed by atoms with Gasteiger partial charge in [-0.3, -0.25) is 0 Å². The minimum absolute atomic E-state index is 0.206. The predicted molar refractivity (Wildman–Crippen MR) is 76.9 cm³/mol. The molecule has 0 aliphatic carbocycles. The number of benzene rings is 2. The number of hydrogen-bond donors (Lipinski definition) is 0. The summed E-state index contributed by atoms with van der Waals surface area (Å²) < 4.78 is 13.0. The van der Waals surface area contributed by atoms with E-state index in [4.69, 9.17) is 5.26 Å². The van der Waals surface area contributed by atoms with Gasteiger partial charge in [0.25, 0.3) is 0 Å². The first kappa shape index (κ1) is 12.7. The normalized spacial score (nSPS) is 18.0. The van der Waals surface area contributed by atoms with E-state index in [1.165, 1.54) is 17.7 Å².